The quantitative estimate of drug-likeness (QED) is 0.874. The number of ether oxygens (including phenoxy) is 1. The number of rotatable bonds is 4. The number of hydrogen-bond donors (Lipinski definition) is 2. The van der Waals surface area contributed by atoms with E-state index in [4.69, 9.17) is 9.84 Å². The van der Waals surface area contributed by atoms with Crippen molar-refractivity contribution >= 4 is 23.8 Å². The molecule has 0 radical (unpaired) electrons. The number of likely N-dealkylation sites (N-methyl/N-ethyl adjacent to an activating group) is 1. The fourth-order valence-corrected chi connectivity index (χ4v) is 2.76. The fourth-order valence-electron chi connectivity index (χ4n) is 1.77. The van der Waals surface area contributed by atoms with Gasteiger partial charge in [-0.2, -0.15) is 0 Å². The van der Waals surface area contributed by atoms with E-state index in [1.165, 1.54) is 7.05 Å². The first-order valence-corrected chi connectivity index (χ1v) is 7.14. The molecule has 1 atom stereocenters. The molecule has 0 saturated heterocycles. The van der Waals surface area contributed by atoms with Crippen LogP contribution in [0.4, 0.5) is 4.79 Å². The van der Waals surface area contributed by atoms with E-state index in [9.17, 15) is 9.59 Å². The van der Waals surface area contributed by atoms with Crippen molar-refractivity contribution < 1.29 is 19.4 Å². The highest BCUT2D eigenvalue weighted by molar-refractivity contribution is 7.99. The summed E-state index contributed by atoms with van der Waals surface area (Å²) in [5, 5.41) is 11.3. The number of carboxylic acid groups (broad SMARTS) is 1. The van der Waals surface area contributed by atoms with Gasteiger partial charge < -0.3 is 20.1 Å². The van der Waals surface area contributed by atoms with Crippen molar-refractivity contribution in [3.8, 4) is 5.75 Å². The van der Waals surface area contributed by atoms with Gasteiger partial charge in [-0.3, -0.25) is 4.79 Å². The zero-order chi connectivity index (χ0) is 14.5. The number of nitrogens with zero attached hydrogens (tertiary/aromatic N) is 1. The molecule has 6 nitrogen and oxygen atoms in total. The van der Waals surface area contributed by atoms with E-state index in [1.54, 1.807) is 11.8 Å². The minimum Gasteiger partial charge on any atom is -0.487 e. The van der Waals surface area contributed by atoms with Crippen LogP contribution < -0.4 is 10.1 Å². The van der Waals surface area contributed by atoms with Gasteiger partial charge in [0.05, 0.1) is 6.54 Å². The number of thioether (sulfide) groups is 1. The first kappa shape index (κ1) is 14.5. The lowest BCUT2D eigenvalue weighted by Gasteiger charge is -2.26. The Morgan fingerprint density at radius 3 is 3.00 bits per heavy atom. The highest BCUT2D eigenvalue weighted by Crippen LogP contribution is 2.34. The Kier molecular flexibility index (Phi) is 4.73. The number of benzene rings is 1. The minimum absolute atomic E-state index is 0.114. The summed E-state index contributed by atoms with van der Waals surface area (Å²) in [4.78, 5) is 24.4. The molecule has 1 aromatic carbocycles. The van der Waals surface area contributed by atoms with Crippen LogP contribution in [0.5, 0.6) is 5.75 Å². The predicted molar refractivity (Wildman–Crippen MR) is 75.2 cm³/mol. The molecule has 108 valence electrons. The number of urea groups is 1. The number of amides is 2. The first-order chi connectivity index (χ1) is 9.56. The molecule has 1 aliphatic rings. The molecular formula is C13H16N2O4S. The highest BCUT2D eigenvalue weighted by atomic mass is 32.2. The van der Waals surface area contributed by atoms with Gasteiger partial charge in [0, 0.05) is 17.7 Å². The number of carbonyl (C=O) groups excluding carboxylic acids is 1. The van der Waals surface area contributed by atoms with Crippen molar-refractivity contribution in [2.45, 2.75) is 11.0 Å². The lowest BCUT2D eigenvalue weighted by atomic mass is 10.3. The van der Waals surface area contributed by atoms with Crippen LogP contribution in [0.25, 0.3) is 0 Å². The van der Waals surface area contributed by atoms with Gasteiger partial charge in [0.1, 0.15) is 18.4 Å². The van der Waals surface area contributed by atoms with Crippen molar-refractivity contribution in [2.75, 3.05) is 25.9 Å². The molecule has 1 aliphatic heterocycles. The number of carbonyl (C=O) groups is 2. The van der Waals surface area contributed by atoms with E-state index in [1.807, 2.05) is 24.3 Å². The molecule has 1 heterocycles. The second-order valence-electron chi connectivity index (χ2n) is 4.43. The highest BCUT2D eigenvalue weighted by Gasteiger charge is 2.21. The number of carboxylic acids is 1. The molecule has 0 saturated carbocycles. The normalized spacial score (nSPS) is 16.8. The summed E-state index contributed by atoms with van der Waals surface area (Å²) in [5.74, 6) is 0.530. The lowest BCUT2D eigenvalue weighted by molar-refractivity contribution is -0.137. The zero-order valence-corrected chi connectivity index (χ0v) is 11.9. The Morgan fingerprint density at radius 1 is 1.50 bits per heavy atom. The molecule has 20 heavy (non-hydrogen) atoms. The summed E-state index contributed by atoms with van der Waals surface area (Å²) >= 11 is 1.68. The zero-order valence-electron chi connectivity index (χ0n) is 11.0. The third kappa shape index (κ3) is 3.80. The Hall–Kier alpha value is -1.89. The lowest BCUT2D eigenvalue weighted by Crippen LogP contribution is -2.45. The van der Waals surface area contributed by atoms with E-state index in [-0.39, 0.29) is 12.6 Å². The van der Waals surface area contributed by atoms with Gasteiger partial charge in [-0.1, -0.05) is 12.1 Å². The van der Waals surface area contributed by atoms with Crippen molar-refractivity contribution in [3.63, 3.8) is 0 Å². The van der Waals surface area contributed by atoms with E-state index < -0.39 is 12.0 Å². The predicted octanol–water partition coefficient (Wildman–Crippen LogP) is 1.27. The van der Waals surface area contributed by atoms with Gasteiger partial charge in [-0.25, -0.2) is 4.79 Å². The topological polar surface area (TPSA) is 78.9 Å². The standard InChI is InChI=1S/C13H16N2O4S/c1-15(7-12(16)17)13(18)14-6-9-8-20-11-5-3-2-4-10(11)19-9/h2-5,9H,6-8H2,1H3,(H,14,18)(H,16,17). The summed E-state index contributed by atoms with van der Waals surface area (Å²) in [5.41, 5.74) is 0. The maximum Gasteiger partial charge on any atom is 0.323 e. The number of aliphatic carboxylic acids is 1. The van der Waals surface area contributed by atoms with Crippen LogP contribution in [0.3, 0.4) is 0 Å². The van der Waals surface area contributed by atoms with Crippen LogP contribution in [0.1, 0.15) is 0 Å². The second kappa shape index (κ2) is 6.51. The molecule has 0 bridgehead atoms. The number of nitrogens with one attached hydrogen (secondary N) is 1. The summed E-state index contributed by atoms with van der Waals surface area (Å²) in [6.07, 6.45) is -0.114. The van der Waals surface area contributed by atoms with Crippen molar-refractivity contribution in [1.82, 2.24) is 10.2 Å². The van der Waals surface area contributed by atoms with Gasteiger partial charge in [0.2, 0.25) is 0 Å². The van der Waals surface area contributed by atoms with E-state index in [0.29, 0.717) is 6.54 Å². The Bertz CT molecular complexity index is 509. The van der Waals surface area contributed by atoms with Crippen LogP contribution in [-0.2, 0) is 4.79 Å². The van der Waals surface area contributed by atoms with E-state index >= 15 is 0 Å². The largest absolute Gasteiger partial charge is 0.487 e. The van der Waals surface area contributed by atoms with Crippen LogP contribution in [0, 0.1) is 0 Å². The number of fused-ring (bicyclic) bond motifs is 1. The Labute approximate surface area is 121 Å². The Morgan fingerprint density at radius 2 is 2.25 bits per heavy atom. The van der Waals surface area contributed by atoms with Crippen LogP contribution in [0.15, 0.2) is 29.2 Å². The molecule has 0 aliphatic carbocycles. The van der Waals surface area contributed by atoms with Gasteiger partial charge in [0.15, 0.2) is 0 Å². The molecule has 2 rings (SSSR count). The molecule has 0 aromatic heterocycles. The third-order valence-corrected chi connectivity index (χ3v) is 3.95. The molecule has 1 unspecified atom stereocenters. The molecule has 0 spiro atoms. The van der Waals surface area contributed by atoms with E-state index in [0.717, 1.165) is 21.3 Å². The summed E-state index contributed by atoms with van der Waals surface area (Å²) < 4.78 is 5.77. The van der Waals surface area contributed by atoms with Crippen LogP contribution in [0.2, 0.25) is 0 Å². The molecule has 0 fully saturated rings. The second-order valence-corrected chi connectivity index (χ2v) is 5.50. The van der Waals surface area contributed by atoms with Gasteiger partial charge in [0.25, 0.3) is 0 Å². The van der Waals surface area contributed by atoms with Gasteiger partial charge in [-0.15, -0.1) is 11.8 Å². The molecular weight excluding hydrogens is 280 g/mol. The van der Waals surface area contributed by atoms with Gasteiger partial charge >= 0.3 is 12.0 Å². The van der Waals surface area contributed by atoms with Crippen molar-refractivity contribution in [1.29, 1.82) is 0 Å². The third-order valence-electron chi connectivity index (χ3n) is 2.77. The monoisotopic (exact) mass is 296 g/mol. The maximum absolute atomic E-state index is 11.7. The maximum atomic E-state index is 11.7. The van der Waals surface area contributed by atoms with E-state index in [2.05, 4.69) is 5.32 Å². The van der Waals surface area contributed by atoms with Crippen molar-refractivity contribution in [2.24, 2.45) is 0 Å². The number of para-hydroxylation sites is 1. The van der Waals surface area contributed by atoms with Crippen LogP contribution >= 0.6 is 11.8 Å². The average Bonchev–Trinajstić information content (AvgIpc) is 2.43. The van der Waals surface area contributed by atoms with Gasteiger partial charge in [-0.05, 0) is 12.1 Å². The first-order valence-electron chi connectivity index (χ1n) is 6.15. The summed E-state index contributed by atoms with van der Waals surface area (Å²) in [7, 11) is 1.44. The average molecular weight is 296 g/mol. The molecule has 7 heteroatoms. The Balaban J connectivity index is 1.81. The summed E-state index contributed by atoms with van der Waals surface area (Å²) in [6, 6.07) is 7.33. The SMILES string of the molecule is CN(CC(=O)O)C(=O)NCC1CSc2ccccc2O1. The minimum atomic E-state index is -1.04. The molecule has 2 N–H and O–H groups in total. The van der Waals surface area contributed by atoms with Crippen molar-refractivity contribution in [3.05, 3.63) is 24.3 Å². The smallest absolute Gasteiger partial charge is 0.323 e. The number of hydrogen-bond acceptors (Lipinski definition) is 4. The molecule has 2 amide bonds. The van der Waals surface area contributed by atoms with Crippen LogP contribution in [-0.4, -0.2) is 54.0 Å². The molecule has 1 aromatic rings. The fraction of sp³-hybridized carbons (Fsp3) is 0.385. The summed E-state index contributed by atoms with van der Waals surface area (Å²) in [6.45, 7) is 0.0269.